The Morgan fingerprint density at radius 1 is 1.07 bits per heavy atom. The average Bonchev–Trinajstić information content (AvgIpc) is 2.72. The first kappa shape index (κ1) is 23.8. The largest absolute Gasteiger partial charge is 0.466 e. The number of nitrogens with one attached hydrogen (secondary N) is 1. The highest BCUT2D eigenvalue weighted by atomic mass is 35.5. The second kappa shape index (κ2) is 10.5. The van der Waals surface area contributed by atoms with Crippen molar-refractivity contribution in [3.05, 3.63) is 56.3 Å². The molecule has 2 rings (SSSR count). The molecule has 0 aliphatic carbocycles. The number of ether oxygens (including phenoxy) is 3. The normalized spacial score (nSPS) is 16.1. The summed E-state index contributed by atoms with van der Waals surface area (Å²) < 4.78 is 15.4. The SMILES string of the molecule is CCOC(=O)C1=C(COC(=O)CC)NC(C)=C(C(=O)OC)C1c1cccc(Cl)c1Cl. The Hall–Kier alpha value is -2.51. The van der Waals surface area contributed by atoms with Crippen LogP contribution < -0.4 is 5.32 Å². The Balaban J connectivity index is 2.74. The van der Waals surface area contributed by atoms with E-state index in [2.05, 4.69) is 5.32 Å². The molecule has 0 amide bonds. The number of rotatable bonds is 7. The van der Waals surface area contributed by atoms with E-state index in [0.717, 1.165) is 0 Å². The maximum absolute atomic E-state index is 13.0. The van der Waals surface area contributed by atoms with Crippen LogP contribution in [0.2, 0.25) is 10.0 Å². The molecule has 1 unspecified atom stereocenters. The van der Waals surface area contributed by atoms with Gasteiger partial charge in [0.1, 0.15) is 6.61 Å². The number of esters is 3. The highest BCUT2D eigenvalue weighted by Gasteiger charge is 2.40. The fraction of sp³-hybridized carbons (Fsp3) is 0.381. The van der Waals surface area contributed by atoms with Crippen molar-refractivity contribution in [3.63, 3.8) is 0 Å². The smallest absolute Gasteiger partial charge is 0.336 e. The Bertz CT molecular complexity index is 922. The molecule has 1 aliphatic rings. The molecule has 1 heterocycles. The van der Waals surface area contributed by atoms with E-state index in [1.807, 2.05) is 0 Å². The van der Waals surface area contributed by atoms with Crippen molar-refractivity contribution >= 4 is 41.1 Å². The number of methoxy groups -OCH3 is 1. The number of halogens is 2. The van der Waals surface area contributed by atoms with Crippen molar-refractivity contribution in [3.8, 4) is 0 Å². The van der Waals surface area contributed by atoms with Crippen LogP contribution in [0.5, 0.6) is 0 Å². The molecule has 1 aliphatic heterocycles. The van der Waals surface area contributed by atoms with Crippen molar-refractivity contribution in [1.82, 2.24) is 5.32 Å². The van der Waals surface area contributed by atoms with Crippen molar-refractivity contribution in [1.29, 1.82) is 0 Å². The molecular formula is C21H23Cl2NO6. The molecule has 1 aromatic rings. The molecule has 1 aromatic carbocycles. The van der Waals surface area contributed by atoms with Crippen molar-refractivity contribution in [2.24, 2.45) is 0 Å². The van der Waals surface area contributed by atoms with Gasteiger partial charge in [0.15, 0.2) is 0 Å². The number of benzene rings is 1. The van der Waals surface area contributed by atoms with E-state index >= 15 is 0 Å². The zero-order valence-electron chi connectivity index (χ0n) is 17.1. The highest BCUT2D eigenvalue weighted by Crippen LogP contribution is 2.43. The standard InChI is InChI=1S/C21H23Cl2NO6/c1-5-15(25)30-10-14-18(21(27)29-6-2)17(12-8-7-9-13(22)19(12)23)16(11(3)24-14)20(26)28-4/h7-9,17,24H,5-6,10H2,1-4H3. The molecule has 1 N–H and O–H groups in total. The lowest BCUT2D eigenvalue weighted by Crippen LogP contribution is -2.35. The molecule has 0 fully saturated rings. The van der Waals surface area contributed by atoms with Gasteiger partial charge in [-0.1, -0.05) is 42.3 Å². The molecule has 162 valence electrons. The molecule has 1 atom stereocenters. The van der Waals surface area contributed by atoms with E-state index < -0.39 is 23.8 Å². The summed E-state index contributed by atoms with van der Waals surface area (Å²) in [5, 5.41) is 3.44. The van der Waals surface area contributed by atoms with Gasteiger partial charge in [0.05, 0.1) is 46.5 Å². The number of hydrogen-bond donors (Lipinski definition) is 1. The minimum absolute atomic E-state index is 0.0934. The summed E-state index contributed by atoms with van der Waals surface area (Å²) in [4.78, 5) is 37.3. The summed E-state index contributed by atoms with van der Waals surface area (Å²) in [6.45, 7) is 4.88. The first-order chi connectivity index (χ1) is 14.3. The minimum Gasteiger partial charge on any atom is -0.466 e. The number of dihydropyridines is 1. The van der Waals surface area contributed by atoms with E-state index in [0.29, 0.717) is 17.0 Å². The summed E-state index contributed by atoms with van der Waals surface area (Å²) in [6.07, 6.45) is 0.174. The Morgan fingerprint density at radius 3 is 2.37 bits per heavy atom. The van der Waals surface area contributed by atoms with Gasteiger partial charge in [0.2, 0.25) is 0 Å². The first-order valence-corrected chi connectivity index (χ1v) is 10.1. The molecule has 0 radical (unpaired) electrons. The fourth-order valence-electron chi connectivity index (χ4n) is 3.15. The predicted molar refractivity (Wildman–Crippen MR) is 112 cm³/mol. The molecule has 0 spiro atoms. The van der Waals surface area contributed by atoms with Crippen molar-refractivity contribution < 1.29 is 28.6 Å². The number of carbonyl (C=O) groups is 3. The zero-order chi connectivity index (χ0) is 22.4. The second-order valence-corrected chi connectivity index (χ2v) is 7.14. The monoisotopic (exact) mass is 455 g/mol. The van der Waals surface area contributed by atoms with Gasteiger partial charge >= 0.3 is 17.9 Å². The molecule has 0 bridgehead atoms. The third-order valence-corrected chi connectivity index (χ3v) is 5.34. The van der Waals surface area contributed by atoms with Crippen LogP contribution in [0.1, 0.15) is 38.7 Å². The molecule has 0 saturated heterocycles. The fourth-order valence-corrected chi connectivity index (χ4v) is 3.57. The molecule has 9 heteroatoms. The zero-order valence-corrected chi connectivity index (χ0v) is 18.6. The molecule has 30 heavy (non-hydrogen) atoms. The Labute approximate surface area is 185 Å². The summed E-state index contributed by atoms with van der Waals surface area (Å²) in [7, 11) is 1.24. The van der Waals surface area contributed by atoms with Crippen LogP contribution in [0.3, 0.4) is 0 Å². The van der Waals surface area contributed by atoms with Gasteiger partial charge < -0.3 is 19.5 Å². The van der Waals surface area contributed by atoms with Gasteiger partial charge in [-0.15, -0.1) is 0 Å². The van der Waals surface area contributed by atoms with Gasteiger partial charge in [-0.05, 0) is 25.5 Å². The number of allylic oxidation sites excluding steroid dienone is 1. The summed E-state index contributed by atoms with van der Waals surface area (Å²) in [6, 6.07) is 4.92. The topological polar surface area (TPSA) is 90.9 Å². The average molecular weight is 456 g/mol. The van der Waals surface area contributed by atoms with Crippen LogP contribution in [0, 0.1) is 0 Å². The van der Waals surface area contributed by atoms with Gasteiger partial charge in [-0.3, -0.25) is 4.79 Å². The molecule has 0 saturated carbocycles. The van der Waals surface area contributed by atoms with Gasteiger partial charge in [-0.25, -0.2) is 9.59 Å². The summed E-state index contributed by atoms with van der Waals surface area (Å²) in [5.41, 5.74) is 1.42. The Kier molecular flexibility index (Phi) is 8.32. The quantitative estimate of drug-likeness (QED) is 0.492. The van der Waals surface area contributed by atoms with Crippen molar-refractivity contribution in [2.45, 2.75) is 33.1 Å². The third kappa shape index (κ3) is 4.96. The second-order valence-electron chi connectivity index (χ2n) is 6.36. The van der Waals surface area contributed by atoms with Crippen LogP contribution in [-0.4, -0.2) is 38.2 Å². The maximum atomic E-state index is 13.0. The van der Waals surface area contributed by atoms with E-state index in [9.17, 15) is 14.4 Å². The predicted octanol–water partition coefficient (Wildman–Crippen LogP) is 3.90. The van der Waals surface area contributed by atoms with Crippen LogP contribution in [0.25, 0.3) is 0 Å². The first-order valence-electron chi connectivity index (χ1n) is 9.32. The number of hydrogen-bond acceptors (Lipinski definition) is 7. The van der Waals surface area contributed by atoms with E-state index in [1.54, 1.807) is 39.0 Å². The van der Waals surface area contributed by atoms with Crippen LogP contribution in [0.4, 0.5) is 0 Å². The molecular weight excluding hydrogens is 433 g/mol. The lowest BCUT2D eigenvalue weighted by Gasteiger charge is -2.31. The summed E-state index contributed by atoms with van der Waals surface area (Å²) >= 11 is 12.6. The highest BCUT2D eigenvalue weighted by molar-refractivity contribution is 6.42. The third-order valence-electron chi connectivity index (χ3n) is 4.50. The number of carbonyl (C=O) groups excluding carboxylic acids is 3. The lowest BCUT2D eigenvalue weighted by molar-refractivity contribution is -0.143. The van der Waals surface area contributed by atoms with E-state index in [-0.39, 0.29) is 40.8 Å². The van der Waals surface area contributed by atoms with Gasteiger partial charge in [-0.2, -0.15) is 0 Å². The lowest BCUT2D eigenvalue weighted by atomic mass is 9.80. The Morgan fingerprint density at radius 2 is 1.77 bits per heavy atom. The summed E-state index contributed by atoms with van der Waals surface area (Å²) in [5.74, 6) is -2.69. The molecule has 0 aromatic heterocycles. The van der Waals surface area contributed by atoms with Crippen LogP contribution in [-0.2, 0) is 28.6 Å². The van der Waals surface area contributed by atoms with Gasteiger partial charge in [0, 0.05) is 12.1 Å². The van der Waals surface area contributed by atoms with E-state index in [4.69, 9.17) is 37.4 Å². The molecule has 7 nitrogen and oxygen atoms in total. The van der Waals surface area contributed by atoms with Crippen molar-refractivity contribution in [2.75, 3.05) is 20.3 Å². The van der Waals surface area contributed by atoms with Crippen LogP contribution in [0.15, 0.2) is 40.7 Å². The maximum Gasteiger partial charge on any atom is 0.336 e. The minimum atomic E-state index is -0.931. The van der Waals surface area contributed by atoms with E-state index in [1.165, 1.54) is 7.11 Å². The van der Waals surface area contributed by atoms with Crippen LogP contribution >= 0.6 is 23.2 Å². The van der Waals surface area contributed by atoms with Gasteiger partial charge in [0.25, 0.3) is 0 Å².